The van der Waals surface area contributed by atoms with Crippen molar-refractivity contribution in [3.63, 3.8) is 0 Å². The number of ether oxygens (including phenoxy) is 1. The summed E-state index contributed by atoms with van der Waals surface area (Å²) in [6.07, 6.45) is 0. The van der Waals surface area contributed by atoms with Gasteiger partial charge in [-0.1, -0.05) is 17.7 Å². The minimum Gasteiger partial charge on any atom is -0.479 e. The number of aliphatic carboxylic acids is 1. The summed E-state index contributed by atoms with van der Waals surface area (Å²) >= 11 is 5.94. The molecule has 0 bridgehead atoms. The van der Waals surface area contributed by atoms with Gasteiger partial charge in [0.15, 0.2) is 11.4 Å². The summed E-state index contributed by atoms with van der Waals surface area (Å²) in [5.41, 5.74) is 0.135. The Bertz CT molecular complexity index is 663. The molecule has 0 unspecified atom stereocenters. The van der Waals surface area contributed by atoms with Crippen LogP contribution in [0.1, 0.15) is 25.3 Å². The minimum atomic E-state index is -1.28. The van der Waals surface area contributed by atoms with E-state index in [-0.39, 0.29) is 6.61 Å². The maximum Gasteiger partial charge on any atom is 0.335 e. The lowest BCUT2D eigenvalue weighted by atomic mass is 10.1. The lowest BCUT2D eigenvalue weighted by Gasteiger charge is -2.19. The van der Waals surface area contributed by atoms with Crippen molar-refractivity contribution in [2.45, 2.75) is 33.0 Å². The van der Waals surface area contributed by atoms with Crippen molar-refractivity contribution < 1.29 is 19.1 Å². The number of carboxylic acids is 1. The second-order valence-electron chi connectivity index (χ2n) is 5.14. The molecule has 0 aliphatic heterocycles. The van der Waals surface area contributed by atoms with Gasteiger partial charge in [-0.25, -0.2) is 9.78 Å². The Balaban J connectivity index is 2.18. The first-order valence-corrected chi connectivity index (χ1v) is 6.77. The number of benzene rings is 1. The first kappa shape index (κ1) is 15.5. The molecular weight excluding hydrogens is 294 g/mol. The van der Waals surface area contributed by atoms with Crippen LogP contribution in [-0.2, 0) is 16.1 Å². The van der Waals surface area contributed by atoms with Crippen LogP contribution in [0.5, 0.6) is 0 Å². The van der Waals surface area contributed by atoms with E-state index in [1.54, 1.807) is 25.1 Å². The van der Waals surface area contributed by atoms with E-state index < -0.39 is 11.6 Å². The zero-order valence-electron chi connectivity index (χ0n) is 12.0. The number of carboxylic acid groups (broad SMARTS) is 1. The molecular formula is C15H16ClNO4. The van der Waals surface area contributed by atoms with Gasteiger partial charge in [0.2, 0.25) is 5.89 Å². The van der Waals surface area contributed by atoms with Crippen molar-refractivity contribution in [3.05, 3.63) is 40.7 Å². The normalized spacial score (nSPS) is 11.6. The molecule has 0 aliphatic carbocycles. The molecule has 1 heterocycles. The standard InChI is InChI=1S/C15H16ClNO4/c1-9-12(8-20-15(2,3)14(18)19)21-13(17-9)10-5-4-6-11(16)7-10/h4-7H,8H2,1-3H3,(H,18,19). The van der Waals surface area contributed by atoms with E-state index in [0.717, 1.165) is 5.56 Å². The van der Waals surface area contributed by atoms with Crippen LogP contribution in [0, 0.1) is 6.92 Å². The fraction of sp³-hybridized carbons (Fsp3) is 0.333. The fourth-order valence-corrected chi connectivity index (χ4v) is 1.80. The summed E-state index contributed by atoms with van der Waals surface area (Å²) in [6, 6.07) is 7.16. The van der Waals surface area contributed by atoms with Gasteiger partial charge in [0.1, 0.15) is 6.61 Å². The first-order valence-electron chi connectivity index (χ1n) is 6.39. The van der Waals surface area contributed by atoms with E-state index in [1.165, 1.54) is 13.8 Å². The number of hydrogen-bond acceptors (Lipinski definition) is 4. The number of aryl methyl sites for hydroxylation is 1. The van der Waals surface area contributed by atoms with Gasteiger partial charge in [0.25, 0.3) is 0 Å². The third-order valence-corrected chi connectivity index (χ3v) is 3.28. The van der Waals surface area contributed by atoms with Crippen LogP contribution < -0.4 is 0 Å². The topological polar surface area (TPSA) is 72.6 Å². The van der Waals surface area contributed by atoms with Crippen molar-refractivity contribution in [1.82, 2.24) is 4.98 Å². The Labute approximate surface area is 127 Å². The number of nitrogens with zero attached hydrogens (tertiary/aromatic N) is 1. The quantitative estimate of drug-likeness (QED) is 0.912. The zero-order valence-corrected chi connectivity index (χ0v) is 12.8. The maximum absolute atomic E-state index is 11.0. The number of rotatable bonds is 5. The molecule has 0 spiro atoms. The Morgan fingerprint density at radius 3 is 2.81 bits per heavy atom. The van der Waals surface area contributed by atoms with E-state index in [1.807, 2.05) is 6.07 Å². The third-order valence-electron chi connectivity index (χ3n) is 3.04. The van der Waals surface area contributed by atoms with E-state index >= 15 is 0 Å². The summed E-state index contributed by atoms with van der Waals surface area (Å²) in [5.74, 6) is -0.101. The molecule has 21 heavy (non-hydrogen) atoms. The van der Waals surface area contributed by atoms with Crippen LogP contribution >= 0.6 is 11.6 Å². The average molecular weight is 310 g/mol. The lowest BCUT2D eigenvalue weighted by molar-refractivity contribution is -0.163. The van der Waals surface area contributed by atoms with Crippen LogP contribution in [0.4, 0.5) is 0 Å². The van der Waals surface area contributed by atoms with Crippen LogP contribution in [-0.4, -0.2) is 21.7 Å². The van der Waals surface area contributed by atoms with E-state index in [9.17, 15) is 4.79 Å². The highest BCUT2D eigenvalue weighted by molar-refractivity contribution is 6.30. The molecule has 6 heteroatoms. The predicted octanol–water partition coefficient (Wildman–Crippen LogP) is 3.68. The van der Waals surface area contributed by atoms with Crippen molar-refractivity contribution >= 4 is 17.6 Å². The average Bonchev–Trinajstić information content (AvgIpc) is 2.78. The van der Waals surface area contributed by atoms with Gasteiger partial charge in [-0.3, -0.25) is 0 Å². The summed E-state index contributed by atoms with van der Waals surface area (Å²) in [7, 11) is 0. The molecule has 112 valence electrons. The van der Waals surface area contributed by atoms with Crippen LogP contribution in [0.2, 0.25) is 5.02 Å². The van der Waals surface area contributed by atoms with Gasteiger partial charge in [0, 0.05) is 10.6 Å². The Morgan fingerprint density at radius 2 is 2.19 bits per heavy atom. The highest BCUT2D eigenvalue weighted by Crippen LogP contribution is 2.25. The Morgan fingerprint density at radius 1 is 1.48 bits per heavy atom. The highest BCUT2D eigenvalue weighted by Gasteiger charge is 2.28. The van der Waals surface area contributed by atoms with Gasteiger partial charge in [-0.05, 0) is 39.0 Å². The van der Waals surface area contributed by atoms with Crippen LogP contribution in [0.15, 0.2) is 28.7 Å². The molecule has 1 aromatic carbocycles. The summed E-state index contributed by atoms with van der Waals surface area (Å²) < 4.78 is 11.0. The van der Waals surface area contributed by atoms with E-state index in [4.69, 9.17) is 25.9 Å². The summed E-state index contributed by atoms with van der Waals surface area (Å²) in [6.45, 7) is 4.79. The predicted molar refractivity (Wildman–Crippen MR) is 78.2 cm³/mol. The highest BCUT2D eigenvalue weighted by atomic mass is 35.5. The second kappa shape index (κ2) is 5.87. The van der Waals surface area contributed by atoms with Gasteiger partial charge in [-0.2, -0.15) is 0 Å². The van der Waals surface area contributed by atoms with Gasteiger partial charge in [-0.15, -0.1) is 0 Å². The summed E-state index contributed by atoms with van der Waals surface area (Å²) in [5, 5.41) is 9.61. The number of carbonyl (C=O) groups is 1. The van der Waals surface area contributed by atoms with Crippen LogP contribution in [0.3, 0.4) is 0 Å². The molecule has 0 fully saturated rings. The molecule has 2 rings (SSSR count). The molecule has 0 radical (unpaired) electrons. The second-order valence-corrected chi connectivity index (χ2v) is 5.58. The van der Waals surface area contributed by atoms with Crippen LogP contribution in [0.25, 0.3) is 11.5 Å². The largest absolute Gasteiger partial charge is 0.479 e. The Kier molecular flexibility index (Phi) is 4.34. The first-order chi connectivity index (χ1) is 9.79. The van der Waals surface area contributed by atoms with Gasteiger partial charge < -0.3 is 14.3 Å². The van der Waals surface area contributed by atoms with E-state index in [0.29, 0.717) is 22.4 Å². The number of hydrogen-bond donors (Lipinski definition) is 1. The molecule has 0 saturated heterocycles. The van der Waals surface area contributed by atoms with Crippen molar-refractivity contribution in [3.8, 4) is 11.5 Å². The van der Waals surface area contributed by atoms with Crippen molar-refractivity contribution in [1.29, 1.82) is 0 Å². The zero-order chi connectivity index (χ0) is 15.6. The molecule has 0 aliphatic rings. The molecule has 2 aromatic rings. The smallest absolute Gasteiger partial charge is 0.335 e. The number of oxazole rings is 1. The monoisotopic (exact) mass is 309 g/mol. The third kappa shape index (κ3) is 3.62. The van der Waals surface area contributed by atoms with Crippen molar-refractivity contribution in [2.75, 3.05) is 0 Å². The Hall–Kier alpha value is -1.85. The molecule has 1 N–H and O–H groups in total. The fourth-order valence-electron chi connectivity index (χ4n) is 1.61. The number of halogens is 1. The molecule has 0 amide bonds. The summed E-state index contributed by atoms with van der Waals surface area (Å²) in [4.78, 5) is 15.3. The minimum absolute atomic E-state index is 0.0404. The molecule has 5 nitrogen and oxygen atoms in total. The SMILES string of the molecule is Cc1nc(-c2cccc(Cl)c2)oc1COC(C)(C)C(=O)O. The lowest BCUT2D eigenvalue weighted by Crippen LogP contribution is -2.34. The molecule has 0 atom stereocenters. The van der Waals surface area contributed by atoms with Gasteiger partial charge in [0.05, 0.1) is 5.69 Å². The van der Waals surface area contributed by atoms with Gasteiger partial charge >= 0.3 is 5.97 Å². The molecule has 1 aromatic heterocycles. The van der Waals surface area contributed by atoms with E-state index in [2.05, 4.69) is 4.98 Å². The van der Waals surface area contributed by atoms with Crippen molar-refractivity contribution in [2.24, 2.45) is 0 Å². The number of aromatic nitrogens is 1. The molecule has 0 saturated carbocycles. The maximum atomic E-state index is 11.0.